The van der Waals surface area contributed by atoms with Gasteiger partial charge in [0.05, 0.1) is 0 Å². The number of nitrogens with two attached hydrogens (primary N) is 1. The normalized spacial score (nSPS) is 29.1. The molecule has 0 heterocycles. The summed E-state index contributed by atoms with van der Waals surface area (Å²) in [7, 11) is 0. The van der Waals surface area contributed by atoms with Crippen molar-refractivity contribution in [3.8, 4) is 0 Å². The van der Waals surface area contributed by atoms with Gasteiger partial charge in [-0.15, -0.1) is 11.8 Å². The van der Waals surface area contributed by atoms with Gasteiger partial charge in [-0.1, -0.05) is 12.1 Å². The van der Waals surface area contributed by atoms with Gasteiger partial charge in [0.15, 0.2) is 0 Å². The lowest BCUT2D eigenvalue weighted by atomic mass is 10.3. The molecule has 1 aliphatic rings. The summed E-state index contributed by atoms with van der Waals surface area (Å²) in [6, 6.07) is 6.68. The van der Waals surface area contributed by atoms with E-state index in [2.05, 4.69) is 0 Å². The van der Waals surface area contributed by atoms with Crippen molar-refractivity contribution in [1.29, 1.82) is 0 Å². The Labute approximate surface area is 92.7 Å². The van der Waals surface area contributed by atoms with Crippen LogP contribution in [0.15, 0.2) is 29.2 Å². The highest BCUT2D eigenvalue weighted by Gasteiger charge is 2.53. The predicted octanol–water partition coefficient (Wildman–Crippen LogP) is 1.63. The Morgan fingerprint density at radius 3 is 2.80 bits per heavy atom. The van der Waals surface area contributed by atoms with E-state index in [1.54, 1.807) is 12.1 Å². The molecule has 0 bridgehead atoms. The van der Waals surface area contributed by atoms with Gasteiger partial charge in [0, 0.05) is 22.8 Å². The van der Waals surface area contributed by atoms with Crippen LogP contribution in [0.3, 0.4) is 0 Å². The Balaban J connectivity index is 2.12. The van der Waals surface area contributed by atoms with Crippen molar-refractivity contribution < 1.29 is 9.50 Å². The first-order valence-electron chi connectivity index (χ1n) is 4.96. The van der Waals surface area contributed by atoms with Crippen LogP contribution in [0.2, 0.25) is 0 Å². The minimum absolute atomic E-state index is 0.138. The summed E-state index contributed by atoms with van der Waals surface area (Å²) in [4.78, 5) is 0.624. The molecule has 1 saturated carbocycles. The standard InChI is InChI=1S/C11H14FNOS/c12-9-3-1-2-4-10(9)15-11(7-13)5-8(11)6-14/h1-4,8,14H,5-7,13H2. The Kier molecular flexibility index (Phi) is 3.00. The highest BCUT2D eigenvalue weighted by Crippen LogP contribution is 2.56. The van der Waals surface area contributed by atoms with Crippen LogP contribution in [-0.2, 0) is 0 Å². The van der Waals surface area contributed by atoms with Gasteiger partial charge in [0.25, 0.3) is 0 Å². The van der Waals surface area contributed by atoms with E-state index in [1.165, 1.54) is 17.8 Å². The average Bonchev–Trinajstić information content (AvgIpc) is 2.96. The van der Waals surface area contributed by atoms with Crippen molar-refractivity contribution in [2.45, 2.75) is 16.1 Å². The molecular formula is C11H14FNOS. The summed E-state index contributed by atoms with van der Waals surface area (Å²) >= 11 is 1.46. The molecular weight excluding hydrogens is 213 g/mol. The van der Waals surface area contributed by atoms with Crippen LogP contribution in [0.1, 0.15) is 6.42 Å². The zero-order chi connectivity index (χ0) is 10.9. The van der Waals surface area contributed by atoms with Crippen LogP contribution in [0, 0.1) is 11.7 Å². The molecule has 82 valence electrons. The summed E-state index contributed by atoms with van der Waals surface area (Å²) < 4.78 is 13.2. The lowest BCUT2D eigenvalue weighted by Crippen LogP contribution is -2.22. The third kappa shape index (κ3) is 2.02. The van der Waals surface area contributed by atoms with Crippen molar-refractivity contribution in [3.63, 3.8) is 0 Å². The minimum Gasteiger partial charge on any atom is -0.396 e. The zero-order valence-corrected chi connectivity index (χ0v) is 9.14. The van der Waals surface area contributed by atoms with Crippen LogP contribution in [0.4, 0.5) is 4.39 Å². The maximum absolute atomic E-state index is 13.4. The highest BCUT2D eigenvalue weighted by atomic mass is 32.2. The Bertz CT molecular complexity index is 360. The first kappa shape index (κ1) is 10.9. The molecule has 1 aromatic rings. The summed E-state index contributed by atoms with van der Waals surface area (Å²) in [6.07, 6.45) is 0.874. The van der Waals surface area contributed by atoms with Crippen LogP contribution in [-0.4, -0.2) is 23.0 Å². The minimum atomic E-state index is -0.209. The topological polar surface area (TPSA) is 46.2 Å². The fourth-order valence-electron chi connectivity index (χ4n) is 1.75. The number of rotatable bonds is 4. The summed E-state index contributed by atoms with van der Waals surface area (Å²) in [5.74, 6) is 0.00557. The lowest BCUT2D eigenvalue weighted by molar-refractivity contribution is 0.272. The number of hydrogen-bond acceptors (Lipinski definition) is 3. The third-order valence-electron chi connectivity index (χ3n) is 2.89. The number of halogens is 1. The maximum Gasteiger partial charge on any atom is 0.136 e. The Morgan fingerprint density at radius 2 is 2.27 bits per heavy atom. The van der Waals surface area contributed by atoms with Crippen molar-refractivity contribution >= 4 is 11.8 Å². The van der Waals surface area contributed by atoms with Crippen molar-refractivity contribution in [2.24, 2.45) is 11.7 Å². The SMILES string of the molecule is NCC1(Sc2ccccc2F)CC1CO. The molecule has 0 radical (unpaired) electrons. The van der Waals surface area contributed by atoms with Crippen LogP contribution in [0.5, 0.6) is 0 Å². The number of aliphatic hydroxyl groups excluding tert-OH is 1. The first-order valence-corrected chi connectivity index (χ1v) is 5.78. The van der Waals surface area contributed by atoms with Gasteiger partial charge in [-0.05, 0) is 24.5 Å². The fraction of sp³-hybridized carbons (Fsp3) is 0.455. The van der Waals surface area contributed by atoms with E-state index >= 15 is 0 Å². The molecule has 2 atom stereocenters. The largest absolute Gasteiger partial charge is 0.396 e. The van der Waals surface area contributed by atoms with Crippen molar-refractivity contribution in [1.82, 2.24) is 0 Å². The van der Waals surface area contributed by atoms with Gasteiger partial charge in [-0.2, -0.15) is 0 Å². The molecule has 2 rings (SSSR count). The van der Waals surface area contributed by atoms with Gasteiger partial charge >= 0.3 is 0 Å². The maximum atomic E-state index is 13.4. The quantitative estimate of drug-likeness (QED) is 0.821. The smallest absolute Gasteiger partial charge is 0.136 e. The fourth-order valence-corrected chi connectivity index (χ4v) is 3.11. The summed E-state index contributed by atoms with van der Waals surface area (Å²) in [5, 5.41) is 9.06. The highest BCUT2D eigenvalue weighted by molar-refractivity contribution is 8.01. The molecule has 0 saturated heterocycles. The molecule has 1 fully saturated rings. The van der Waals surface area contributed by atoms with Crippen LogP contribution >= 0.6 is 11.8 Å². The van der Waals surface area contributed by atoms with E-state index in [0.29, 0.717) is 11.4 Å². The number of thioether (sulfide) groups is 1. The second-order valence-corrected chi connectivity index (χ2v) is 5.34. The number of aliphatic hydroxyl groups is 1. The molecule has 3 N–H and O–H groups in total. The molecule has 0 amide bonds. The molecule has 15 heavy (non-hydrogen) atoms. The molecule has 2 unspecified atom stereocenters. The van der Waals surface area contributed by atoms with Crippen LogP contribution < -0.4 is 5.73 Å². The van der Waals surface area contributed by atoms with Gasteiger partial charge in [0.2, 0.25) is 0 Å². The van der Waals surface area contributed by atoms with Gasteiger partial charge in [-0.25, -0.2) is 4.39 Å². The van der Waals surface area contributed by atoms with E-state index in [0.717, 1.165) is 6.42 Å². The van der Waals surface area contributed by atoms with E-state index in [-0.39, 0.29) is 23.1 Å². The predicted molar refractivity (Wildman–Crippen MR) is 59.2 cm³/mol. The molecule has 2 nitrogen and oxygen atoms in total. The summed E-state index contributed by atoms with van der Waals surface area (Å²) in [6.45, 7) is 0.621. The lowest BCUT2D eigenvalue weighted by Gasteiger charge is -2.14. The van der Waals surface area contributed by atoms with E-state index in [9.17, 15) is 4.39 Å². The Morgan fingerprint density at radius 1 is 1.53 bits per heavy atom. The molecule has 4 heteroatoms. The molecule has 0 aliphatic heterocycles. The van der Waals surface area contributed by atoms with Gasteiger partial charge in [0.1, 0.15) is 5.82 Å². The van der Waals surface area contributed by atoms with Gasteiger partial charge < -0.3 is 10.8 Å². The third-order valence-corrected chi connectivity index (χ3v) is 4.52. The molecule has 0 spiro atoms. The van der Waals surface area contributed by atoms with E-state index in [1.807, 2.05) is 6.07 Å². The average molecular weight is 227 g/mol. The molecule has 1 aromatic carbocycles. The monoisotopic (exact) mass is 227 g/mol. The summed E-state index contributed by atoms with van der Waals surface area (Å²) in [5.41, 5.74) is 5.68. The zero-order valence-electron chi connectivity index (χ0n) is 8.32. The molecule has 0 aromatic heterocycles. The number of benzene rings is 1. The number of hydrogen-bond donors (Lipinski definition) is 2. The van der Waals surface area contributed by atoms with Gasteiger partial charge in [-0.3, -0.25) is 0 Å². The second kappa shape index (κ2) is 4.12. The van der Waals surface area contributed by atoms with Crippen molar-refractivity contribution in [2.75, 3.05) is 13.2 Å². The van der Waals surface area contributed by atoms with E-state index in [4.69, 9.17) is 10.8 Å². The molecule has 1 aliphatic carbocycles. The van der Waals surface area contributed by atoms with Crippen molar-refractivity contribution in [3.05, 3.63) is 30.1 Å². The van der Waals surface area contributed by atoms with E-state index < -0.39 is 0 Å². The first-order chi connectivity index (χ1) is 7.22. The van der Waals surface area contributed by atoms with Crippen LogP contribution in [0.25, 0.3) is 0 Å². The Hall–Kier alpha value is -0.580. The second-order valence-electron chi connectivity index (χ2n) is 3.89.